The Hall–Kier alpha value is -2.04. The van der Waals surface area contributed by atoms with Gasteiger partial charge in [0.25, 0.3) is 0 Å². The molecular formula is C12H16N2O3. The van der Waals surface area contributed by atoms with Crippen LogP contribution >= 0.6 is 0 Å². The Balaban J connectivity index is 3.03. The Labute approximate surface area is 100 Å². The molecule has 0 spiro atoms. The highest BCUT2D eigenvalue weighted by atomic mass is 16.4. The van der Waals surface area contributed by atoms with Crippen molar-refractivity contribution in [3.63, 3.8) is 0 Å². The van der Waals surface area contributed by atoms with Crippen molar-refractivity contribution in [2.75, 3.05) is 18.9 Å². The van der Waals surface area contributed by atoms with Gasteiger partial charge in [-0.3, -0.25) is 0 Å². The van der Waals surface area contributed by atoms with E-state index in [1.54, 1.807) is 32.2 Å². The molecule has 0 saturated carbocycles. The summed E-state index contributed by atoms with van der Waals surface area (Å²) in [6.45, 7) is 4.09. The lowest BCUT2D eigenvalue weighted by Crippen LogP contribution is -2.31. The number of nitrogens with one attached hydrogen (secondary N) is 1. The van der Waals surface area contributed by atoms with Crippen LogP contribution in [0.4, 0.5) is 10.5 Å². The number of aryl methyl sites for hydroxylation is 1. The molecule has 1 aromatic carbocycles. The molecular weight excluding hydrogens is 220 g/mol. The third kappa shape index (κ3) is 2.96. The van der Waals surface area contributed by atoms with Crippen LogP contribution in [0, 0.1) is 6.92 Å². The van der Waals surface area contributed by atoms with E-state index in [0.717, 1.165) is 0 Å². The third-order valence-electron chi connectivity index (χ3n) is 2.55. The van der Waals surface area contributed by atoms with E-state index < -0.39 is 5.97 Å². The van der Waals surface area contributed by atoms with Gasteiger partial charge in [0.1, 0.15) is 0 Å². The van der Waals surface area contributed by atoms with Crippen LogP contribution in [0.2, 0.25) is 0 Å². The van der Waals surface area contributed by atoms with Crippen molar-refractivity contribution in [2.45, 2.75) is 13.8 Å². The number of hydrogen-bond acceptors (Lipinski definition) is 2. The highest BCUT2D eigenvalue weighted by molar-refractivity contribution is 6.01. The molecule has 0 aromatic heterocycles. The summed E-state index contributed by atoms with van der Waals surface area (Å²) in [5, 5.41) is 11.7. The highest BCUT2D eigenvalue weighted by Gasteiger charge is 2.15. The fraction of sp³-hybridized carbons (Fsp3) is 0.333. The maximum Gasteiger partial charge on any atom is 0.338 e. The second-order valence-electron chi connectivity index (χ2n) is 3.75. The van der Waals surface area contributed by atoms with Gasteiger partial charge in [0.05, 0.1) is 11.3 Å². The third-order valence-corrected chi connectivity index (χ3v) is 2.55. The van der Waals surface area contributed by atoms with Gasteiger partial charge >= 0.3 is 12.0 Å². The standard InChI is InChI=1S/C12H16N2O3/c1-4-14(3)12(17)13-9-7-5-6-8(2)10(9)11(15)16/h5-7H,4H2,1-3H3,(H,13,17)(H,15,16). The number of carbonyl (C=O) groups excluding carboxylic acids is 1. The number of nitrogens with zero attached hydrogens (tertiary/aromatic N) is 1. The molecule has 0 saturated heterocycles. The summed E-state index contributed by atoms with van der Waals surface area (Å²) >= 11 is 0. The van der Waals surface area contributed by atoms with Gasteiger partial charge < -0.3 is 15.3 Å². The Morgan fingerprint density at radius 1 is 1.41 bits per heavy atom. The van der Waals surface area contributed by atoms with Crippen LogP contribution < -0.4 is 5.32 Å². The average Bonchev–Trinajstić information content (AvgIpc) is 2.27. The molecule has 0 radical (unpaired) electrons. The van der Waals surface area contributed by atoms with Crippen LogP contribution in [0.1, 0.15) is 22.8 Å². The zero-order valence-electron chi connectivity index (χ0n) is 10.2. The Kier molecular flexibility index (Phi) is 4.09. The first-order valence-electron chi connectivity index (χ1n) is 5.32. The number of carboxylic acids is 1. The van der Waals surface area contributed by atoms with Crippen molar-refractivity contribution in [3.05, 3.63) is 29.3 Å². The number of anilines is 1. The molecule has 0 bridgehead atoms. The summed E-state index contributed by atoms with van der Waals surface area (Å²) in [5.41, 5.74) is 1.07. The van der Waals surface area contributed by atoms with Crippen molar-refractivity contribution < 1.29 is 14.7 Å². The van der Waals surface area contributed by atoms with Crippen molar-refractivity contribution in [2.24, 2.45) is 0 Å². The fourth-order valence-electron chi connectivity index (χ4n) is 1.41. The lowest BCUT2D eigenvalue weighted by atomic mass is 10.1. The first kappa shape index (κ1) is 13.0. The molecule has 1 aromatic rings. The van der Waals surface area contributed by atoms with E-state index in [9.17, 15) is 9.59 Å². The van der Waals surface area contributed by atoms with E-state index in [1.165, 1.54) is 4.90 Å². The SMILES string of the molecule is CCN(C)C(=O)Nc1cccc(C)c1C(=O)O. The summed E-state index contributed by atoms with van der Waals surface area (Å²) in [4.78, 5) is 24.2. The van der Waals surface area contributed by atoms with Crippen LogP contribution in [0.5, 0.6) is 0 Å². The lowest BCUT2D eigenvalue weighted by molar-refractivity contribution is 0.0697. The van der Waals surface area contributed by atoms with E-state index >= 15 is 0 Å². The minimum atomic E-state index is -1.04. The predicted octanol–water partition coefficient (Wildman–Crippen LogP) is 2.18. The average molecular weight is 236 g/mol. The Morgan fingerprint density at radius 2 is 2.06 bits per heavy atom. The highest BCUT2D eigenvalue weighted by Crippen LogP contribution is 2.19. The lowest BCUT2D eigenvalue weighted by Gasteiger charge is -2.17. The zero-order chi connectivity index (χ0) is 13.0. The molecule has 0 aliphatic heterocycles. The number of hydrogen-bond donors (Lipinski definition) is 2. The van der Waals surface area contributed by atoms with E-state index in [0.29, 0.717) is 17.8 Å². The van der Waals surface area contributed by atoms with E-state index in [4.69, 9.17) is 5.11 Å². The number of rotatable bonds is 3. The molecule has 1 rings (SSSR count). The van der Waals surface area contributed by atoms with Crippen molar-refractivity contribution in [1.29, 1.82) is 0 Å². The summed E-state index contributed by atoms with van der Waals surface area (Å²) in [6, 6.07) is 4.67. The Morgan fingerprint density at radius 3 is 2.59 bits per heavy atom. The first-order chi connectivity index (χ1) is 7.97. The van der Waals surface area contributed by atoms with Crippen LogP contribution in [0.25, 0.3) is 0 Å². The molecule has 5 heteroatoms. The minimum Gasteiger partial charge on any atom is -0.478 e. The summed E-state index contributed by atoms with van der Waals surface area (Å²) in [5.74, 6) is -1.04. The first-order valence-corrected chi connectivity index (χ1v) is 5.32. The van der Waals surface area contributed by atoms with Gasteiger partial charge in [0.2, 0.25) is 0 Å². The van der Waals surface area contributed by atoms with E-state index in [-0.39, 0.29) is 11.6 Å². The second-order valence-corrected chi connectivity index (χ2v) is 3.75. The van der Waals surface area contributed by atoms with Crippen molar-refractivity contribution in [3.8, 4) is 0 Å². The second kappa shape index (κ2) is 5.34. The number of carbonyl (C=O) groups is 2. The quantitative estimate of drug-likeness (QED) is 0.845. The predicted molar refractivity (Wildman–Crippen MR) is 65.5 cm³/mol. The number of benzene rings is 1. The van der Waals surface area contributed by atoms with Crippen LogP contribution in [-0.2, 0) is 0 Å². The fourth-order valence-corrected chi connectivity index (χ4v) is 1.41. The summed E-state index contributed by atoms with van der Waals surface area (Å²) in [6.07, 6.45) is 0. The van der Waals surface area contributed by atoms with Gasteiger partial charge in [-0.1, -0.05) is 12.1 Å². The number of urea groups is 1. The molecule has 0 atom stereocenters. The molecule has 17 heavy (non-hydrogen) atoms. The molecule has 2 amide bonds. The molecule has 0 fully saturated rings. The van der Waals surface area contributed by atoms with Gasteiger partial charge in [0, 0.05) is 13.6 Å². The van der Waals surface area contributed by atoms with Crippen molar-refractivity contribution in [1.82, 2.24) is 4.90 Å². The zero-order valence-corrected chi connectivity index (χ0v) is 10.2. The largest absolute Gasteiger partial charge is 0.478 e. The van der Waals surface area contributed by atoms with Crippen LogP contribution in [0.3, 0.4) is 0 Å². The molecule has 0 aliphatic carbocycles. The Bertz CT molecular complexity index is 443. The smallest absolute Gasteiger partial charge is 0.338 e. The van der Waals surface area contributed by atoms with Gasteiger partial charge in [-0.2, -0.15) is 0 Å². The molecule has 0 heterocycles. The summed E-state index contributed by atoms with van der Waals surface area (Å²) < 4.78 is 0. The number of amides is 2. The minimum absolute atomic E-state index is 0.130. The molecule has 0 unspecified atom stereocenters. The number of aromatic carboxylic acids is 1. The molecule has 5 nitrogen and oxygen atoms in total. The molecule has 0 aliphatic rings. The van der Waals surface area contributed by atoms with E-state index in [1.807, 2.05) is 6.92 Å². The number of carboxylic acid groups (broad SMARTS) is 1. The van der Waals surface area contributed by atoms with Gasteiger partial charge in [-0.15, -0.1) is 0 Å². The monoisotopic (exact) mass is 236 g/mol. The van der Waals surface area contributed by atoms with Crippen LogP contribution in [0.15, 0.2) is 18.2 Å². The summed E-state index contributed by atoms with van der Waals surface area (Å²) in [7, 11) is 1.64. The molecule has 92 valence electrons. The maximum atomic E-state index is 11.7. The van der Waals surface area contributed by atoms with Gasteiger partial charge in [0.15, 0.2) is 0 Å². The normalized spacial score (nSPS) is 9.82. The van der Waals surface area contributed by atoms with Gasteiger partial charge in [-0.25, -0.2) is 9.59 Å². The van der Waals surface area contributed by atoms with Crippen LogP contribution in [-0.4, -0.2) is 35.6 Å². The topological polar surface area (TPSA) is 69.6 Å². The van der Waals surface area contributed by atoms with E-state index in [2.05, 4.69) is 5.32 Å². The molecule has 2 N–H and O–H groups in total. The van der Waals surface area contributed by atoms with Crippen molar-refractivity contribution >= 4 is 17.7 Å². The van der Waals surface area contributed by atoms with Gasteiger partial charge in [-0.05, 0) is 25.5 Å². The maximum absolute atomic E-state index is 11.7.